The highest BCUT2D eigenvalue weighted by molar-refractivity contribution is 5.95. The van der Waals surface area contributed by atoms with Gasteiger partial charge in [0.1, 0.15) is 5.82 Å². The van der Waals surface area contributed by atoms with E-state index in [4.69, 9.17) is 10.5 Å². The van der Waals surface area contributed by atoms with Crippen LogP contribution in [0.15, 0.2) is 48.5 Å². The fraction of sp³-hybridized carbons (Fsp3) is 0.393. The Morgan fingerprint density at radius 2 is 2.03 bits per heavy atom. The van der Waals surface area contributed by atoms with Crippen LogP contribution in [0.5, 0.6) is 0 Å². The van der Waals surface area contributed by atoms with Crippen LogP contribution in [0.25, 0.3) is 10.8 Å². The molecule has 2 aliphatic rings. The summed E-state index contributed by atoms with van der Waals surface area (Å²) < 4.78 is 19.8. The second kappa shape index (κ2) is 9.35. The zero-order chi connectivity index (χ0) is 23.8. The highest BCUT2D eigenvalue weighted by Crippen LogP contribution is 2.34. The van der Waals surface area contributed by atoms with Gasteiger partial charge in [-0.1, -0.05) is 18.2 Å². The van der Waals surface area contributed by atoms with Crippen molar-refractivity contribution in [2.75, 3.05) is 37.7 Å². The van der Waals surface area contributed by atoms with E-state index in [-0.39, 0.29) is 17.8 Å². The molecule has 2 atom stereocenters. The first kappa shape index (κ1) is 22.8. The van der Waals surface area contributed by atoms with Gasteiger partial charge in [0, 0.05) is 48.9 Å². The Morgan fingerprint density at radius 3 is 2.82 bits per heavy atom. The summed E-state index contributed by atoms with van der Waals surface area (Å²) in [5, 5.41) is 2.04. The van der Waals surface area contributed by atoms with Gasteiger partial charge in [-0.05, 0) is 79.1 Å². The van der Waals surface area contributed by atoms with Gasteiger partial charge in [0.2, 0.25) is 5.91 Å². The van der Waals surface area contributed by atoms with Crippen LogP contribution in [-0.4, -0.2) is 49.6 Å². The molecule has 1 amide bonds. The van der Waals surface area contributed by atoms with Crippen LogP contribution in [0, 0.1) is 12.7 Å². The first-order valence-electron chi connectivity index (χ1n) is 12.1. The van der Waals surface area contributed by atoms with Gasteiger partial charge in [-0.25, -0.2) is 4.39 Å². The van der Waals surface area contributed by atoms with E-state index in [0.717, 1.165) is 55.4 Å². The maximum atomic E-state index is 13.7. The number of carbonyl (C=O) groups excluding carboxylic acids is 1. The third-order valence-electron chi connectivity index (χ3n) is 7.52. The molecule has 2 N–H and O–H groups in total. The second-order valence-electron chi connectivity index (χ2n) is 9.54. The molecular formula is C28H32FN3O2. The highest BCUT2D eigenvalue weighted by Gasteiger charge is 2.28. The monoisotopic (exact) mass is 461 g/mol. The Kier molecular flexibility index (Phi) is 6.28. The maximum absolute atomic E-state index is 13.7. The minimum atomic E-state index is -0.369. The van der Waals surface area contributed by atoms with E-state index in [0.29, 0.717) is 18.2 Å². The van der Waals surface area contributed by atoms with Crippen LogP contribution in [0.2, 0.25) is 0 Å². The number of nitrogens with zero attached hydrogens (tertiary/aromatic N) is 2. The van der Waals surface area contributed by atoms with Gasteiger partial charge in [0.25, 0.3) is 0 Å². The smallest absolute Gasteiger partial charge is 0.248 e. The largest absolute Gasteiger partial charge is 0.373 e. The summed E-state index contributed by atoms with van der Waals surface area (Å²) >= 11 is 0. The molecule has 6 heteroatoms. The molecule has 3 aromatic carbocycles. The third kappa shape index (κ3) is 4.28. The lowest BCUT2D eigenvalue weighted by Crippen LogP contribution is -2.52. The number of piperazine rings is 1. The number of fused-ring (bicyclic) bond motifs is 2. The highest BCUT2D eigenvalue weighted by atomic mass is 19.1. The van der Waals surface area contributed by atoms with Crippen molar-refractivity contribution in [2.45, 2.75) is 38.8 Å². The van der Waals surface area contributed by atoms with Crippen LogP contribution >= 0.6 is 0 Å². The number of halogens is 1. The number of amides is 1. The molecule has 0 aliphatic carbocycles. The number of hydrogen-bond donors (Lipinski definition) is 1. The van der Waals surface area contributed by atoms with Crippen LogP contribution in [0.1, 0.15) is 46.5 Å². The molecule has 0 unspecified atom stereocenters. The van der Waals surface area contributed by atoms with Crippen molar-refractivity contribution >= 4 is 22.4 Å². The summed E-state index contributed by atoms with van der Waals surface area (Å²) in [4.78, 5) is 16.7. The number of nitrogens with two attached hydrogens (primary N) is 1. The Morgan fingerprint density at radius 1 is 1.18 bits per heavy atom. The van der Waals surface area contributed by atoms with Crippen molar-refractivity contribution in [2.24, 2.45) is 5.73 Å². The molecule has 0 bridgehead atoms. The van der Waals surface area contributed by atoms with Gasteiger partial charge in [0.05, 0.1) is 12.7 Å². The number of carbonyl (C=O) groups is 1. The fourth-order valence-corrected chi connectivity index (χ4v) is 5.65. The number of rotatable bonds is 5. The molecule has 1 saturated heterocycles. The van der Waals surface area contributed by atoms with Gasteiger partial charge in [-0.3, -0.25) is 9.69 Å². The summed E-state index contributed by atoms with van der Waals surface area (Å²) in [5.74, 6) is -0.568. The van der Waals surface area contributed by atoms with Crippen molar-refractivity contribution in [3.63, 3.8) is 0 Å². The normalized spacial score (nSPS) is 21.0. The molecule has 178 valence electrons. The van der Waals surface area contributed by atoms with E-state index in [9.17, 15) is 9.18 Å². The number of ether oxygens (including phenoxy) is 1. The van der Waals surface area contributed by atoms with Gasteiger partial charge >= 0.3 is 0 Å². The average Bonchev–Trinajstić information content (AvgIpc) is 2.83. The Hall–Kier alpha value is -2.96. The van der Waals surface area contributed by atoms with E-state index in [2.05, 4.69) is 22.8 Å². The summed E-state index contributed by atoms with van der Waals surface area (Å²) in [6.45, 7) is 8.73. The minimum absolute atomic E-state index is 0.0440. The molecule has 0 aromatic heterocycles. The molecule has 2 heterocycles. The topological polar surface area (TPSA) is 58.8 Å². The van der Waals surface area contributed by atoms with Gasteiger partial charge in [-0.15, -0.1) is 0 Å². The van der Waals surface area contributed by atoms with Crippen molar-refractivity contribution in [3.05, 3.63) is 76.6 Å². The fourth-order valence-electron chi connectivity index (χ4n) is 5.65. The minimum Gasteiger partial charge on any atom is -0.373 e. The van der Waals surface area contributed by atoms with Gasteiger partial charge in [-0.2, -0.15) is 0 Å². The molecular weight excluding hydrogens is 429 g/mol. The SMILES string of the molecule is Cc1c(C(N)=O)ccc2c1CCO[C@H]2CCN1CCN(c2cccc3cc(F)ccc23)C[C@H]1C. The van der Waals surface area contributed by atoms with Crippen molar-refractivity contribution < 1.29 is 13.9 Å². The number of primary amides is 1. The van der Waals surface area contributed by atoms with Crippen molar-refractivity contribution in [3.8, 4) is 0 Å². The zero-order valence-corrected chi connectivity index (χ0v) is 19.9. The van der Waals surface area contributed by atoms with E-state index in [1.165, 1.54) is 16.8 Å². The lowest BCUT2D eigenvalue weighted by molar-refractivity contribution is 0.0253. The van der Waals surface area contributed by atoms with Crippen LogP contribution in [-0.2, 0) is 11.2 Å². The predicted molar refractivity (Wildman–Crippen MR) is 134 cm³/mol. The molecule has 0 spiro atoms. The lowest BCUT2D eigenvalue weighted by atomic mass is 9.89. The molecule has 34 heavy (non-hydrogen) atoms. The van der Waals surface area contributed by atoms with E-state index in [1.807, 2.05) is 37.3 Å². The van der Waals surface area contributed by atoms with E-state index >= 15 is 0 Å². The summed E-state index contributed by atoms with van der Waals surface area (Å²) in [6, 6.07) is 15.4. The third-order valence-corrected chi connectivity index (χ3v) is 7.52. The Balaban J connectivity index is 1.26. The van der Waals surface area contributed by atoms with Crippen LogP contribution in [0.4, 0.5) is 10.1 Å². The Labute approximate surface area is 200 Å². The molecule has 3 aromatic rings. The molecule has 5 nitrogen and oxygen atoms in total. The lowest BCUT2D eigenvalue weighted by Gasteiger charge is -2.42. The quantitative estimate of drug-likeness (QED) is 0.603. The molecule has 1 fully saturated rings. The molecule has 0 radical (unpaired) electrons. The zero-order valence-electron chi connectivity index (χ0n) is 19.9. The number of benzene rings is 3. The number of anilines is 1. The first-order valence-corrected chi connectivity index (χ1v) is 12.1. The van der Waals surface area contributed by atoms with E-state index in [1.54, 1.807) is 12.1 Å². The first-order chi connectivity index (χ1) is 16.4. The summed E-state index contributed by atoms with van der Waals surface area (Å²) in [7, 11) is 0. The Bertz CT molecular complexity index is 1230. The average molecular weight is 462 g/mol. The molecule has 5 rings (SSSR count). The maximum Gasteiger partial charge on any atom is 0.248 e. The van der Waals surface area contributed by atoms with Gasteiger partial charge < -0.3 is 15.4 Å². The summed E-state index contributed by atoms with van der Waals surface area (Å²) in [5.41, 5.74) is 10.7. The number of hydrogen-bond acceptors (Lipinski definition) is 4. The predicted octanol–water partition coefficient (Wildman–Crippen LogP) is 4.60. The molecule has 2 aliphatic heterocycles. The van der Waals surface area contributed by atoms with Crippen LogP contribution < -0.4 is 10.6 Å². The van der Waals surface area contributed by atoms with Crippen molar-refractivity contribution in [1.82, 2.24) is 4.90 Å². The standard InChI is InChI=1S/C28H32FN3O2/c1-18-17-32(26-5-3-4-20-16-21(29)6-7-24(20)26)14-13-31(18)12-10-27-25-9-8-23(28(30)33)19(2)22(25)11-15-34-27/h3-9,16,18,27H,10-15,17H2,1-2H3,(H2,30,33)/t18-,27+/m1/s1. The van der Waals surface area contributed by atoms with Crippen LogP contribution in [0.3, 0.4) is 0 Å². The summed E-state index contributed by atoms with van der Waals surface area (Å²) in [6.07, 6.45) is 1.78. The second-order valence-corrected chi connectivity index (χ2v) is 9.54. The molecule has 0 saturated carbocycles. The van der Waals surface area contributed by atoms with Gasteiger partial charge in [0.15, 0.2) is 0 Å². The van der Waals surface area contributed by atoms with Crippen molar-refractivity contribution in [1.29, 1.82) is 0 Å². The van der Waals surface area contributed by atoms with E-state index < -0.39 is 0 Å².